The van der Waals surface area contributed by atoms with Gasteiger partial charge >= 0.3 is 0 Å². The number of nitrogens with one attached hydrogen (secondary N) is 1. The molecule has 1 heterocycles. The van der Waals surface area contributed by atoms with Crippen molar-refractivity contribution in [2.75, 3.05) is 13.1 Å². The number of unbranched alkanes of at least 4 members (excludes halogenated alkanes) is 1. The largest absolute Gasteiger partial charge is 0.409 e. The molecule has 1 aliphatic rings. The molecular formula is C28H48F2N2O4Si2. The highest BCUT2D eigenvalue weighted by atomic mass is 28.4. The number of carbonyl (C=O) groups excluding carboxylic acids is 2. The minimum Gasteiger partial charge on any atom is -0.409 e. The van der Waals surface area contributed by atoms with E-state index < -0.39 is 52.4 Å². The van der Waals surface area contributed by atoms with E-state index >= 15 is 0 Å². The first kappa shape index (κ1) is 32.6. The van der Waals surface area contributed by atoms with Gasteiger partial charge in [0.1, 0.15) is 23.8 Å². The number of rotatable bonds is 9. The van der Waals surface area contributed by atoms with Crippen LogP contribution in [0.15, 0.2) is 18.2 Å². The lowest BCUT2D eigenvalue weighted by atomic mass is 10.1. The lowest BCUT2D eigenvalue weighted by Crippen LogP contribution is -2.57. The summed E-state index contributed by atoms with van der Waals surface area (Å²) in [7, 11) is -4.78. The van der Waals surface area contributed by atoms with Gasteiger partial charge in [0, 0.05) is 19.2 Å². The van der Waals surface area contributed by atoms with E-state index in [1.807, 2.05) is 6.92 Å². The predicted molar refractivity (Wildman–Crippen MR) is 153 cm³/mol. The minimum absolute atomic E-state index is 0.0767. The van der Waals surface area contributed by atoms with Crippen molar-refractivity contribution in [2.24, 2.45) is 0 Å². The molecular weight excluding hydrogens is 522 g/mol. The average Bonchev–Trinajstić information content (AvgIpc) is 3.08. The van der Waals surface area contributed by atoms with Gasteiger partial charge in [0.15, 0.2) is 16.6 Å². The summed E-state index contributed by atoms with van der Waals surface area (Å²) < 4.78 is 42.1. The zero-order valence-electron chi connectivity index (χ0n) is 25.1. The van der Waals surface area contributed by atoms with Gasteiger partial charge in [-0.15, -0.1) is 0 Å². The summed E-state index contributed by atoms with van der Waals surface area (Å²) in [4.78, 5) is 28.8. The maximum atomic E-state index is 14.7. The van der Waals surface area contributed by atoms with E-state index in [0.29, 0.717) is 12.6 Å². The smallest absolute Gasteiger partial charge is 0.257 e. The van der Waals surface area contributed by atoms with Gasteiger partial charge in [-0.3, -0.25) is 9.59 Å². The van der Waals surface area contributed by atoms with Crippen LogP contribution in [0.4, 0.5) is 8.78 Å². The Labute approximate surface area is 230 Å². The molecule has 1 unspecified atom stereocenters. The lowest BCUT2D eigenvalue weighted by Gasteiger charge is -2.43. The van der Waals surface area contributed by atoms with E-state index in [9.17, 15) is 18.4 Å². The SMILES string of the molecule is CCCCNC(=O)C1[C@H](O[Si](C)(C)C(C)(C)C)[C@@H](O[Si](C)(C)C(C)(C)C)CN1C(=O)c1ccc(F)cc1F. The molecule has 0 aromatic heterocycles. The predicted octanol–water partition coefficient (Wildman–Crippen LogP) is 6.49. The highest BCUT2D eigenvalue weighted by Crippen LogP contribution is 2.43. The van der Waals surface area contributed by atoms with E-state index in [4.69, 9.17) is 8.85 Å². The second kappa shape index (κ2) is 11.9. The Kier molecular flexibility index (Phi) is 10.2. The molecule has 0 radical (unpaired) electrons. The number of likely N-dealkylation sites (tertiary alicyclic amines) is 1. The van der Waals surface area contributed by atoms with Crippen molar-refractivity contribution in [3.63, 3.8) is 0 Å². The Morgan fingerprint density at radius 2 is 1.55 bits per heavy atom. The van der Waals surface area contributed by atoms with E-state index in [1.165, 1.54) is 4.90 Å². The molecule has 0 aliphatic carbocycles. The number of carbonyl (C=O) groups is 2. The van der Waals surface area contributed by atoms with Gasteiger partial charge in [-0.1, -0.05) is 54.9 Å². The maximum absolute atomic E-state index is 14.7. The molecule has 1 N–H and O–H groups in total. The molecule has 1 aromatic rings. The Bertz CT molecular complexity index is 1010. The fourth-order valence-corrected chi connectivity index (χ4v) is 6.55. The van der Waals surface area contributed by atoms with Gasteiger partial charge in [0.25, 0.3) is 5.91 Å². The number of amides is 2. The molecule has 3 atom stereocenters. The van der Waals surface area contributed by atoms with Gasteiger partial charge in [-0.05, 0) is 54.8 Å². The molecule has 1 saturated heterocycles. The summed E-state index contributed by atoms with van der Waals surface area (Å²) >= 11 is 0. The van der Waals surface area contributed by atoms with E-state index in [0.717, 1.165) is 25.0 Å². The number of hydrogen-bond acceptors (Lipinski definition) is 4. The fourth-order valence-electron chi connectivity index (χ4n) is 3.92. The standard InChI is InChI=1S/C28H48F2N2O4Si2/c1-12-13-16-31-25(33)23-24(36-38(10,11)28(5,6)7)22(35-37(8,9)27(2,3)4)18-32(23)26(34)20-15-14-19(29)17-21(20)30/h14-15,17,22-24H,12-13,16,18H2,1-11H3,(H,31,33)/t22-,23?,24+/m0/s1. The summed E-state index contributed by atoms with van der Waals surface area (Å²) in [6.07, 6.45) is 0.393. The normalized spacial score (nSPS) is 21.1. The molecule has 0 saturated carbocycles. The first-order valence-corrected chi connectivity index (χ1v) is 19.4. The zero-order chi connectivity index (χ0) is 29.3. The van der Waals surface area contributed by atoms with Crippen molar-refractivity contribution in [3.05, 3.63) is 35.4 Å². The topological polar surface area (TPSA) is 67.9 Å². The third kappa shape index (κ3) is 7.31. The summed E-state index contributed by atoms with van der Waals surface area (Å²) in [6, 6.07) is 1.86. The van der Waals surface area contributed by atoms with Crippen LogP contribution in [-0.4, -0.2) is 64.7 Å². The highest BCUT2D eigenvalue weighted by molar-refractivity contribution is 6.74. The van der Waals surface area contributed by atoms with E-state index in [2.05, 4.69) is 73.0 Å². The quantitative estimate of drug-likeness (QED) is 0.272. The van der Waals surface area contributed by atoms with Crippen LogP contribution in [0.5, 0.6) is 0 Å². The van der Waals surface area contributed by atoms with Crippen LogP contribution in [0.2, 0.25) is 36.3 Å². The molecule has 216 valence electrons. The third-order valence-corrected chi connectivity index (χ3v) is 17.4. The summed E-state index contributed by atoms with van der Waals surface area (Å²) in [6.45, 7) is 23.7. The lowest BCUT2D eigenvalue weighted by molar-refractivity contribution is -0.127. The molecule has 0 spiro atoms. The van der Waals surface area contributed by atoms with E-state index in [1.54, 1.807) is 0 Å². The molecule has 2 rings (SSSR count). The number of nitrogens with zero attached hydrogens (tertiary/aromatic N) is 1. The van der Waals surface area contributed by atoms with Crippen molar-refractivity contribution >= 4 is 28.4 Å². The molecule has 10 heteroatoms. The minimum atomic E-state index is -2.43. The van der Waals surface area contributed by atoms with Crippen molar-refractivity contribution in [2.45, 2.75) is 116 Å². The van der Waals surface area contributed by atoms with Crippen LogP contribution in [0, 0.1) is 11.6 Å². The summed E-state index contributed by atoms with van der Waals surface area (Å²) in [5.41, 5.74) is -0.281. The van der Waals surface area contributed by atoms with Gasteiger partial charge in [-0.2, -0.15) is 0 Å². The van der Waals surface area contributed by atoms with Gasteiger partial charge in [0.2, 0.25) is 5.91 Å². The second-order valence-corrected chi connectivity index (χ2v) is 22.9. The molecule has 38 heavy (non-hydrogen) atoms. The molecule has 2 amide bonds. The fraction of sp³-hybridized carbons (Fsp3) is 0.714. The Balaban J connectivity index is 2.62. The first-order valence-electron chi connectivity index (χ1n) is 13.6. The van der Waals surface area contributed by atoms with Crippen LogP contribution < -0.4 is 5.32 Å². The number of halogens is 2. The van der Waals surface area contributed by atoms with Crippen LogP contribution in [0.3, 0.4) is 0 Å². The Hall–Kier alpha value is -1.63. The van der Waals surface area contributed by atoms with Gasteiger partial charge in [-0.25, -0.2) is 8.78 Å². The van der Waals surface area contributed by atoms with Crippen LogP contribution in [0.25, 0.3) is 0 Å². The van der Waals surface area contributed by atoms with Crippen molar-refractivity contribution < 1.29 is 27.2 Å². The maximum Gasteiger partial charge on any atom is 0.257 e. The van der Waals surface area contributed by atoms with Crippen LogP contribution in [-0.2, 0) is 13.6 Å². The molecule has 6 nitrogen and oxygen atoms in total. The average molecular weight is 571 g/mol. The molecule has 1 fully saturated rings. The highest BCUT2D eigenvalue weighted by Gasteiger charge is 2.55. The summed E-state index contributed by atoms with van der Waals surface area (Å²) in [5, 5.41) is 2.69. The van der Waals surface area contributed by atoms with Gasteiger partial charge in [0.05, 0.1) is 11.7 Å². The molecule has 1 aliphatic heterocycles. The molecule has 1 aromatic carbocycles. The van der Waals surface area contributed by atoms with Crippen LogP contribution in [0.1, 0.15) is 71.7 Å². The second-order valence-electron chi connectivity index (χ2n) is 13.4. The Morgan fingerprint density at radius 1 is 1.00 bits per heavy atom. The Morgan fingerprint density at radius 3 is 2.05 bits per heavy atom. The zero-order valence-corrected chi connectivity index (χ0v) is 27.1. The van der Waals surface area contributed by atoms with Gasteiger partial charge < -0.3 is 19.1 Å². The van der Waals surface area contributed by atoms with Crippen LogP contribution >= 0.6 is 0 Å². The summed E-state index contributed by atoms with van der Waals surface area (Å²) in [5.74, 6) is -2.76. The van der Waals surface area contributed by atoms with Crippen molar-refractivity contribution in [1.29, 1.82) is 0 Å². The van der Waals surface area contributed by atoms with Crippen molar-refractivity contribution in [3.8, 4) is 0 Å². The number of benzene rings is 1. The third-order valence-electron chi connectivity index (χ3n) is 8.40. The molecule has 0 bridgehead atoms. The monoisotopic (exact) mass is 570 g/mol. The number of hydrogen-bond donors (Lipinski definition) is 1. The first-order chi connectivity index (χ1) is 17.2. The van der Waals surface area contributed by atoms with Crippen molar-refractivity contribution in [1.82, 2.24) is 10.2 Å². The van der Waals surface area contributed by atoms with E-state index in [-0.39, 0.29) is 28.1 Å².